The van der Waals surface area contributed by atoms with Crippen molar-refractivity contribution in [1.29, 1.82) is 0 Å². The topological polar surface area (TPSA) is 9.23 Å². The summed E-state index contributed by atoms with van der Waals surface area (Å²) in [5.74, 6) is -2.64. The van der Waals surface area contributed by atoms with Crippen LogP contribution in [0.15, 0.2) is 16.6 Å². The molecule has 1 rings (SSSR count). The van der Waals surface area contributed by atoms with Gasteiger partial charge in [0.1, 0.15) is 11.6 Å². The largest absolute Gasteiger partial charge is 0.423 e. The molecule has 0 aromatic heterocycles. The van der Waals surface area contributed by atoms with Gasteiger partial charge >= 0.3 is 12.4 Å². The van der Waals surface area contributed by atoms with E-state index in [-0.39, 0.29) is 4.47 Å². The minimum absolute atomic E-state index is 0.312. The molecule has 1 aromatic rings. The molecule has 0 N–H and O–H groups in total. The third-order valence-corrected chi connectivity index (χ3v) is 2.74. The van der Waals surface area contributed by atoms with Gasteiger partial charge in [-0.15, -0.1) is 0 Å². The highest BCUT2D eigenvalue weighted by Crippen LogP contribution is 2.36. The average molecular weight is 373 g/mol. The van der Waals surface area contributed by atoms with Gasteiger partial charge in [-0.2, -0.15) is 26.3 Å². The Balaban J connectivity index is 2.98. The molecule has 0 fully saturated rings. The molecule has 0 aliphatic rings. The van der Waals surface area contributed by atoms with Crippen molar-refractivity contribution >= 4 is 15.9 Å². The summed E-state index contributed by atoms with van der Waals surface area (Å²) >= 11 is 2.62. The zero-order valence-electron chi connectivity index (χ0n) is 9.25. The number of hydrogen-bond donors (Lipinski definition) is 0. The van der Waals surface area contributed by atoms with Crippen molar-refractivity contribution in [3.63, 3.8) is 0 Å². The first-order valence-corrected chi connectivity index (χ1v) is 5.61. The van der Waals surface area contributed by atoms with Crippen molar-refractivity contribution in [2.45, 2.75) is 25.1 Å². The average Bonchev–Trinajstić information content (AvgIpc) is 2.25. The summed E-state index contributed by atoms with van der Waals surface area (Å²) in [6.07, 6.45) is -15.6. The third-order valence-electron chi connectivity index (χ3n) is 2.13. The van der Waals surface area contributed by atoms with E-state index in [1.165, 1.54) is 0 Å². The van der Waals surface area contributed by atoms with Crippen LogP contribution in [-0.4, -0.2) is 18.5 Å². The molecule has 1 nitrogen and oxygen atoms in total. The Morgan fingerprint density at radius 1 is 1.00 bits per heavy atom. The molecule has 0 atom stereocenters. The van der Waals surface area contributed by atoms with E-state index in [4.69, 9.17) is 0 Å². The summed E-state index contributed by atoms with van der Waals surface area (Å²) < 4.78 is 103. The normalized spacial score (nSPS) is 13.1. The van der Waals surface area contributed by atoms with Crippen LogP contribution in [0.4, 0.5) is 35.1 Å². The molecule has 0 radical (unpaired) electrons. The lowest BCUT2D eigenvalue weighted by atomic mass is 10.2. The second-order valence-electron chi connectivity index (χ2n) is 3.60. The fraction of sp³-hybridized carbons (Fsp3) is 0.400. The van der Waals surface area contributed by atoms with Gasteiger partial charge in [-0.3, -0.25) is 0 Å². The summed E-state index contributed by atoms with van der Waals surface area (Å²) in [5, 5.41) is 0. The lowest BCUT2D eigenvalue weighted by Crippen LogP contribution is -2.44. The molecule has 10 heteroatoms. The van der Waals surface area contributed by atoms with E-state index in [2.05, 4.69) is 20.7 Å². The maximum atomic E-state index is 13.4. The van der Waals surface area contributed by atoms with E-state index in [9.17, 15) is 35.1 Å². The van der Waals surface area contributed by atoms with Gasteiger partial charge in [-0.25, -0.2) is 8.78 Å². The first-order chi connectivity index (χ1) is 8.94. The summed E-state index contributed by atoms with van der Waals surface area (Å²) in [6.45, 7) is -1.51. The Hall–Kier alpha value is -0.900. The number of ether oxygens (including phenoxy) is 1. The molecule has 0 unspecified atom stereocenters. The standard InChI is InChI=1S/C10H5BrF8O/c11-5-1-2-6(12)4(7(5)13)3-20-8(9(14,15)16)10(17,18)19/h1-2,8H,3H2. The van der Waals surface area contributed by atoms with Crippen LogP contribution in [0, 0.1) is 11.6 Å². The van der Waals surface area contributed by atoms with Crippen LogP contribution in [0.3, 0.4) is 0 Å². The Bertz CT molecular complexity index is 467. The highest BCUT2D eigenvalue weighted by atomic mass is 79.9. The second kappa shape index (κ2) is 5.84. The van der Waals surface area contributed by atoms with Crippen LogP contribution in [0.2, 0.25) is 0 Å². The van der Waals surface area contributed by atoms with E-state index < -0.39 is 42.3 Å². The Morgan fingerprint density at radius 2 is 1.50 bits per heavy atom. The Morgan fingerprint density at radius 3 is 1.95 bits per heavy atom. The van der Waals surface area contributed by atoms with Crippen molar-refractivity contribution in [3.05, 3.63) is 33.8 Å². The molecule has 114 valence electrons. The van der Waals surface area contributed by atoms with Crippen LogP contribution in [0.25, 0.3) is 0 Å². The minimum Gasteiger partial charge on any atom is -0.356 e. The van der Waals surface area contributed by atoms with E-state index in [0.29, 0.717) is 6.07 Å². The summed E-state index contributed by atoms with van der Waals surface area (Å²) in [6, 6.07) is 1.60. The zero-order valence-corrected chi connectivity index (χ0v) is 10.8. The van der Waals surface area contributed by atoms with E-state index in [1.54, 1.807) is 0 Å². The van der Waals surface area contributed by atoms with E-state index in [1.807, 2.05) is 0 Å². The molecule has 1 aromatic carbocycles. The van der Waals surface area contributed by atoms with Gasteiger partial charge in [0.25, 0.3) is 0 Å². The monoisotopic (exact) mass is 372 g/mol. The lowest BCUT2D eigenvalue weighted by molar-refractivity contribution is -0.324. The van der Waals surface area contributed by atoms with Crippen LogP contribution >= 0.6 is 15.9 Å². The molecule has 0 aliphatic carbocycles. The highest BCUT2D eigenvalue weighted by Gasteiger charge is 2.58. The van der Waals surface area contributed by atoms with Crippen molar-refractivity contribution in [3.8, 4) is 0 Å². The van der Waals surface area contributed by atoms with Gasteiger partial charge in [0.15, 0.2) is 0 Å². The van der Waals surface area contributed by atoms with Gasteiger partial charge in [0.05, 0.1) is 16.6 Å². The molecule has 0 amide bonds. The maximum absolute atomic E-state index is 13.4. The molecule has 0 saturated carbocycles. The molecule has 0 bridgehead atoms. The smallest absolute Gasteiger partial charge is 0.356 e. The van der Waals surface area contributed by atoms with Gasteiger partial charge in [0.2, 0.25) is 6.10 Å². The molecular weight excluding hydrogens is 368 g/mol. The van der Waals surface area contributed by atoms with Crippen LogP contribution in [0.1, 0.15) is 5.56 Å². The number of rotatable bonds is 3. The van der Waals surface area contributed by atoms with Crippen molar-refractivity contribution in [2.24, 2.45) is 0 Å². The Labute approximate surface area is 115 Å². The van der Waals surface area contributed by atoms with Crippen LogP contribution < -0.4 is 0 Å². The van der Waals surface area contributed by atoms with Crippen LogP contribution in [-0.2, 0) is 11.3 Å². The fourth-order valence-electron chi connectivity index (χ4n) is 1.24. The van der Waals surface area contributed by atoms with Gasteiger partial charge in [-0.1, -0.05) is 0 Å². The van der Waals surface area contributed by atoms with Crippen molar-refractivity contribution in [2.75, 3.05) is 0 Å². The number of alkyl halides is 6. The summed E-state index contributed by atoms with van der Waals surface area (Å²) in [5.41, 5.74) is -1.03. The SMILES string of the molecule is Fc1ccc(Br)c(F)c1COC(C(F)(F)F)C(F)(F)F. The predicted molar refractivity (Wildman–Crippen MR) is 54.7 cm³/mol. The maximum Gasteiger partial charge on any atom is 0.423 e. The van der Waals surface area contributed by atoms with Crippen molar-refractivity contribution in [1.82, 2.24) is 0 Å². The third kappa shape index (κ3) is 4.05. The Kier molecular flexibility index (Phi) is 5.01. The highest BCUT2D eigenvalue weighted by molar-refractivity contribution is 9.10. The van der Waals surface area contributed by atoms with Crippen molar-refractivity contribution < 1.29 is 39.9 Å². The second-order valence-corrected chi connectivity index (χ2v) is 4.45. The molecule has 20 heavy (non-hydrogen) atoms. The quantitative estimate of drug-likeness (QED) is 0.550. The first-order valence-electron chi connectivity index (χ1n) is 4.82. The van der Waals surface area contributed by atoms with Gasteiger partial charge in [0, 0.05) is 0 Å². The molecule has 0 aliphatic heterocycles. The summed E-state index contributed by atoms with van der Waals surface area (Å²) in [7, 11) is 0. The molecule has 0 heterocycles. The van der Waals surface area contributed by atoms with Gasteiger partial charge in [-0.05, 0) is 28.1 Å². The molecular formula is C10H5BrF8O. The number of halogens is 9. The molecule has 0 spiro atoms. The molecule has 0 saturated heterocycles. The minimum atomic E-state index is -5.74. The van der Waals surface area contributed by atoms with Gasteiger partial charge < -0.3 is 4.74 Å². The van der Waals surface area contributed by atoms with E-state index in [0.717, 1.165) is 6.07 Å². The number of benzene rings is 1. The van der Waals surface area contributed by atoms with Crippen LogP contribution in [0.5, 0.6) is 0 Å². The summed E-state index contributed by atoms with van der Waals surface area (Å²) in [4.78, 5) is 0. The predicted octanol–water partition coefficient (Wildman–Crippen LogP) is 4.74. The fourth-order valence-corrected chi connectivity index (χ4v) is 1.61. The van der Waals surface area contributed by atoms with E-state index >= 15 is 0 Å². The number of hydrogen-bond acceptors (Lipinski definition) is 1. The first kappa shape index (κ1) is 17.2. The lowest BCUT2D eigenvalue weighted by Gasteiger charge is -2.23. The zero-order chi connectivity index (χ0) is 15.7.